The van der Waals surface area contributed by atoms with Crippen molar-refractivity contribution >= 4 is 23.4 Å². The maximum Gasteiger partial charge on any atom is 0.227 e. The molecule has 0 saturated carbocycles. The van der Waals surface area contributed by atoms with Crippen LogP contribution in [0.1, 0.15) is 18.2 Å². The first-order valence-electron chi connectivity index (χ1n) is 5.98. The second-order valence-electron chi connectivity index (χ2n) is 4.40. The standard InChI is InChI=1S/C13H13N3O2S/c1-19-11-4-2-3-10(6-11)16-7-9(5-12(16)17)13-14-8-18-15-13/h2-4,6,8-9H,5,7H2,1H3. The molecule has 1 aromatic carbocycles. The summed E-state index contributed by atoms with van der Waals surface area (Å²) in [7, 11) is 0. The topological polar surface area (TPSA) is 59.2 Å². The van der Waals surface area contributed by atoms with E-state index in [0.29, 0.717) is 18.8 Å². The third kappa shape index (κ3) is 2.35. The smallest absolute Gasteiger partial charge is 0.227 e. The van der Waals surface area contributed by atoms with Crippen LogP contribution in [0, 0.1) is 0 Å². The highest BCUT2D eigenvalue weighted by Gasteiger charge is 2.34. The van der Waals surface area contributed by atoms with Gasteiger partial charge in [-0.2, -0.15) is 4.98 Å². The maximum absolute atomic E-state index is 12.1. The first-order valence-corrected chi connectivity index (χ1v) is 7.21. The number of benzene rings is 1. The molecule has 98 valence electrons. The summed E-state index contributed by atoms with van der Waals surface area (Å²) in [6.45, 7) is 0.607. The lowest BCUT2D eigenvalue weighted by Gasteiger charge is -2.16. The number of nitrogens with zero attached hydrogens (tertiary/aromatic N) is 3. The van der Waals surface area contributed by atoms with Gasteiger partial charge in [-0.05, 0) is 24.5 Å². The molecule has 0 bridgehead atoms. The average Bonchev–Trinajstić information content (AvgIpc) is 3.07. The minimum atomic E-state index is 0.0178. The van der Waals surface area contributed by atoms with E-state index in [-0.39, 0.29) is 11.8 Å². The molecular weight excluding hydrogens is 262 g/mol. The van der Waals surface area contributed by atoms with Crippen LogP contribution in [0.15, 0.2) is 40.1 Å². The zero-order valence-electron chi connectivity index (χ0n) is 10.4. The number of hydrogen-bond donors (Lipinski definition) is 0. The highest BCUT2D eigenvalue weighted by Crippen LogP contribution is 2.31. The molecule has 2 aromatic rings. The van der Waals surface area contributed by atoms with E-state index in [4.69, 9.17) is 4.52 Å². The molecule has 0 radical (unpaired) electrons. The van der Waals surface area contributed by atoms with Crippen LogP contribution in [0.4, 0.5) is 5.69 Å². The Morgan fingerprint density at radius 1 is 1.47 bits per heavy atom. The van der Waals surface area contributed by atoms with E-state index in [1.807, 2.05) is 30.5 Å². The van der Waals surface area contributed by atoms with Crippen LogP contribution in [0.5, 0.6) is 0 Å². The molecule has 1 atom stereocenters. The highest BCUT2D eigenvalue weighted by atomic mass is 32.2. The maximum atomic E-state index is 12.1. The summed E-state index contributed by atoms with van der Waals surface area (Å²) >= 11 is 1.66. The Kier molecular flexibility index (Phi) is 3.25. The molecule has 1 fully saturated rings. The molecule has 0 N–H and O–H groups in total. The SMILES string of the molecule is CSc1cccc(N2CC(c3ncon3)CC2=O)c1. The Labute approximate surface area is 115 Å². The molecule has 3 rings (SSSR count). The quantitative estimate of drug-likeness (QED) is 0.804. The lowest BCUT2D eigenvalue weighted by Crippen LogP contribution is -2.24. The number of carbonyl (C=O) groups is 1. The summed E-state index contributed by atoms with van der Waals surface area (Å²) in [5.41, 5.74) is 0.933. The van der Waals surface area contributed by atoms with Gasteiger partial charge in [0.15, 0.2) is 5.82 Å². The predicted octanol–water partition coefficient (Wildman–Crippen LogP) is 2.31. The molecule has 5 nitrogen and oxygen atoms in total. The fourth-order valence-electron chi connectivity index (χ4n) is 2.27. The van der Waals surface area contributed by atoms with Crippen molar-refractivity contribution in [3.8, 4) is 0 Å². The van der Waals surface area contributed by atoms with Crippen LogP contribution in [0.25, 0.3) is 0 Å². The molecule has 2 heterocycles. The Hall–Kier alpha value is -1.82. The van der Waals surface area contributed by atoms with E-state index in [1.54, 1.807) is 16.7 Å². The highest BCUT2D eigenvalue weighted by molar-refractivity contribution is 7.98. The molecule has 1 unspecified atom stereocenters. The second-order valence-corrected chi connectivity index (χ2v) is 5.28. The van der Waals surface area contributed by atoms with Gasteiger partial charge in [-0.25, -0.2) is 0 Å². The number of aromatic nitrogens is 2. The Morgan fingerprint density at radius 2 is 2.37 bits per heavy atom. The van der Waals surface area contributed by atoms with Gasteiger partial charge < -0.3 is 9.42 Å². The third-order valence-corrected chi connectivity index (χ3v) is 3.96. The number of carbonyl (C=O) groups excluding carboxylic acids is 1. The molecular formula is C13H13N3O2S. The first kappa shape index (κ1) is 12.2. The van der Waals surface area contributed by atoms with Gasteiger partial charge in [0.05, 0.1) is 0 Å². The van der Waals surface area contributed by atoms with E-state index in [0.717, 1.165) is 10.6 Å². The van der Waals surface area contributed by atoms with Gasteiger partial charge in [0.25, 0.3) is 0 Å². The molecule has 1 aliphatic heterocycles. The number of amides is 1. The summed E-state index contributed by atoms with van der Waals surface area (Å²) < 4.78 is 4.75. The predicted molar refractivity (Wildman–Crippen MR) is 72.2 cm³/mol. The average molecular weight is 275 g/mol. The van der Waals surface area contributed by atoms with Crippen LogP contribution in [0.2, 0.25) is 0 Å². The van der Waals surface area contributed by atoms with Crippen molar-refractivity contribution in [2.75, 3.05) is 17.7 Å². The molecule has 1 aromatic heterocycles. The van der Waals surface area contributed by atoms with E-state index in [9.17, 15) is 4.79 Å². The van der Waals surface area contributed by atoms with Gasteiger partial charge in [-0.1, -0.05) is 11.2 Å². The summed E-state index contributed by atoms with van der Waals surface area (Å²) in [6, 6.07) is 7.99. The number of thioether (sulfide) groups is 1. The van der Waals surface area contributed by atoms with Crippen molar-refractivity contribution in [2.45, 2.75) is 17.2 Å². The van der Waals surface area contributed by atoms with E-state index < -0.39 is 0 Å². The lowest BCUT2D eigenvalue weighted by molar-refractivity contribution is -0.117. The van der Waals surface area contributed by atoms with Gasteiger partial charge in [0, 0.05) is 29.5 Å². The third-order valence-electron chi connectivity index (χ3n) is 3.23. The van der Waals surface area contributed by atoms with Crippen molar-refractivity contribution in [1.82, 2.24) is 10.1 Å². The minimum Gasteiger partial charge on any atom is -0.343 e. The molecule has 1 aliphatic rings. The number of hydrogen-bond acceptors (Lipinski definition) is 5. The Balaban J connectivity index is 1.84. The summed E-state index contributed by atoms with van der Waals surface area (Å²) in [5.74, 6) is 0.731. The zero-order chi connectivity index (χ0) is 13.2. The monoisotopic (exact) mass is 275 g/mol. The second kappa shape index (κ2) is 5.05. The minimum absolute atomic E-state index is 0.0178. The lowest BCUT2D eigenvalue weighted by atomic mass is 10.1. The van der Waals surface area contributed by atoms with E-state index in [1.165, 1.54) is 6.39 Å². The van der Waals surface area contributed by atoms with Crippen LogP contribution >= 0.6 is 11.8 Å². The molecule has 6 heteroatoms. The summed E-state index contributed by atoms with van der Waals surface area (Å²) in [5, 5.41) is 3.83. The fraction of sp³-hybridized carbons (Fsp3) is 0.308. The van der Waals surface area contributed by atoms with Crippen LogP contribution in [0.3, 0.4) is 0 Å². The van der Waals surface area contributed by atoms with Crippen LogP contribution < -0.4 is 4.90 Å². The van der Waals surface area contributed by atoms with Gasteiger partial charge >= 0.3 is 0 Å². The number of anilines is 1. The molecule has 0 aliphatic carbocycles. The zero-order valence-corrected chi connectivity index (χ0v) is 11.3. The van der Waals surface area contributed by atoms with Crippen molar-refractivity contribution in [1.29, 1.82) is 0 Å². The van der Waals surface area contributed by atoms with Crippen molar-refractivity contribution in [3.05, 3.63) is 36.5 Å². The fourth-order valence-corrected chi connectivity index (χ4v) is 2.72. The largest absolute Gasteiger partial charge is 0.343 e. The Bertz CT molecular complexity index is 585. The van der Waals surface area contributed by atoms with Gasteiger partial charge in [0.2, 0.25) is 12.3 Å². The van der Waals surface area contributed by atoms with Crippen molar-refractivity contribution in [2.24, 2.45) is 0 Å². The number of rotatable bonds is 3. The van der Waals surface area contributed by atoms with E-state index >= 15 is 0 Å². The van der Waals surface area contributed by atoms with Gasteiger partial charge in [-0.15, -0.1) is 11.8 Å². The summed E-state index contributed by atoms with van der Waals surface area (Å²) in [6.07, 6.45) is 3.76. The molecule has 1 saturated heterocycles. The van der Waals surface area contributed by atoms with Crippen molar-refractivity contribution < 1.29 is 9.32 Å². The molecule has 0 spiro atoms. The molecule has 1 amide bonds. The van der Waals surface area contributed by atoms with Crippen molar-refractivity contribution in [3.63, 3.8) is 0 Å². The summed E-state index contributed by atoms with van der Waals surface area (Å²) in [4.78, 5) is 19.1. The van der Waals surface area contributed by atoms with Gasteiger partial charge in [0.1, 0.15) is 0 Å². The van der Waals surface area contributed by atoms with E-state index in [2.05, 4.69) is 10.1 Å². The molecule has 19 heavy (non-hydrogen) atoms. The van der Waals surface area contributed by atoms with Crippen LogP contribution in [-0.4, -0.2) is 28.8 Å². The first-order chi connectivity index (χ1) is 9.28. The van der Waals surface area contributed by atoms with Gasteiger partial charge in [-0.3, -0.25) is 4.79 Å². The van der Waals surface area contributed by atoms with Crippen LogP contribution in [-0.2, 0) is 4.79 Å². The normalized spacial score (nSPS) is 19.1. The Morgan fingerprint density at radius 3 is 3.11 bits per heavy atom.